The van der Waals surface area contributed by atoms with Gasteiger partial charge in [-0.2, -0.15) is 0 Å². The van der Waals surface area contributed by atoms with E-state index in [0.717, 1.165) is 4.85 Å². The molecule has 0 unspecified atom stereocenters. The Morgan fingerprint density at radius 1 is 1.37 bits per heavy atom. The minimum absolute atomic E-state index is 0.141. The maximum Gasteiger partial charge on any atom is 0.550 e. The summed E-state index contributed by atoms with van der Waals surface area (Å²) in [5.74, 6) is -0.314. The zero-order valence-electron chi connectivity index (χ0n) is 10.6. The number of ketones is 1. The molecular formula is C10H14N3O5P. The maximum atomic E-state index is 12.2. The van der Waals surface area contributed by atoms with Crippen LogP contribution in [0.2, 0.25) is 0 Å². The van der Waals surface area contributed by atoms with Crippen LogP contribution < -0.4 is 4.62 Å². The van der Waals surface area contributed by atoms with E-state index in [1.54, 1.807) is 19.9 Å². The lowest BCUT2D eigenvalue weighted by molar-refractivity contribution is 0.0862. The first-order valence-electron chi connectivity index (χ1n) is 5.84. The molecule has 19 heavy (non-hydrogen) atoms. The van der Waals surface area contributed by atoms with Gasteiger partial charge in [-0.1, -0.05) is 10.9 Å². The van der Waals surface area contributed by atoms with Gasteiger partial charge in [-0.25, -0.2) is 4.57 Å². The summed E-state index contributed by atoms with van der Waals surface area (Å²) >= 11 is 0. The van der Waals surface area contributed by atoms with E-state index in [1.165, 1.54) is 6.08 Å². The lowest BCUT2D eigenvalue weighted by atomic mass is 10.1. The Bertz CT molecular complexity index is 543. The van der Waals surface area contributed by atoms with Gasteiger partial charge in [0.05, 0.1) is 13.2 Å². The van der Waals surface area contributed by atoms with Gasteiger partial charge in [0.25, 0.3) is 0 Å². The third-order valence-corrected chi connectivity index (χ3v) is 3.78. The number of nitrogens with zero attached hydrogens (tertiary/aromatic N) is 3. The van der Waals surface area contributed by atoms with Crippen molar-refractivity contribution in [3.8, 4) is 0 Å². The molecule has 104 valence electrons. The van der Waals surface area contributed by atoms with Gasteiger partial charge in [0.15, 0.2) is 5.69 Å². The second kappa shape index (κ2) is 5.64. The van der Waals surface area contributed by atoms with Crippen molar-refractivity contribution < 1.29 is 23.0 Å². The van der Waals surface area contributed by atoms with E-state index in [4.69, 9.17) is 13.7 Å². The summed E-state index contributed by atoms with van der Waals surface area (Å²) in [4.78, 5) is 12.5. The number of phosphoric ester groups is 1. The highest BCUT2D eigenvalue weighted by molar-refractivity contribution is 7.48. The van der Waals surface area contributed by atoms with Crippen molar-refractivity contribution in [1.29, 1.82) is 0 Å². The predicted molar refractivity (Wildman–Crippen MR) is 64.6 cm³/mol. The van der Waals surface area contributed by atoms with Crippen LogP contribution in [0.25, 0.3) is 0 Å². The van der Waals surface area contributed by atoms with E-state index in [2.05, 4.69) is 10.3 Å². The van der Waals surface area contributed by atoms with Crippen molar-refractivity contribution in [2.45, 2.75) is 20.3 Å². The van der Waals surface area contributed by atoms with Crippen LogP contribution in [-0.2, 0) is 20.0 Å². The number of allylic oxidation sites excluding steroid dienone is 2. The number of hydrogen-bond donors (Lipinski definition) is 0. The number of fused-ring (bicyclic) bond motifs is 1. The zero-order chi connectivity index (χ0) is 13.9. The summed E-state index contributed by atoms with van der Waals surface area (Å²) < 4.78 is 27.2. The Hall–Kier alpha value is -1.50. The predicted octanol–water partition coefficient (Wildman–Crippen LogP) is 1.18. The Balaban J connectivity index is 2.27. The highest BCUT2D eigenvalue weighted by atomic mass is 31.2. The van der Waals surface area contributed by atoms with E-state index >= 15 is 0 Å². The fourth-order valence-electron chi connectivity index (χ4n) is 1.58. The summed E-state index contributed by atoms with van der Waals surface area (Å²) in [6.45, 7) is 3.59. The molecule has 0 N–H and O–H groups in total. The van der Waals surface area contributed by atoms with Crippen molar-refractivity contribution in [2.75, 3.05) is 13.2 Å². The van der Waals surface area contributed by atoms with Gasteiger partial charge in [-0.3, -0.25) is 18.5 Å². The molecule has 0 aromatic carbocycles. The Morgan fingerprint density at radius 3 is 2.68 bits per heavy atom. The SMILES string of the molecule is CCOP(=O)(OCC)On1nnc2c1C(=O)C=CC2. The lowest BCUT2D eigenvalue weighted by Crippen LogP contribution is -2.20. The molecule has 0 aliphatic heterocycles. The van der Waals surface area contributed by atoms with Gasteiger partial charge in [-0.05, 0) is 25.1 Å². The van der Waals surface area contributed by atoms with Crippen LogP contribution in [0.4, 0.5) is 0 Å². The van der Waals surface area contributed by atoms with Gasteiger partial charge < -0.3 is 0 Å². The molecule has 0 fully saturated rings. The molecule has 0 atom stereocenters. The highest BCUT2D eigenvalue weighted by Crippen LogP contribution is 2.45. The number of hydrogen-bond acceptors (Lipinski definition) is 7. The molecule has 1 aromatic rings. The molecule has 1 aliphatic rings. The van der Waals surface area contributed by atoms with E-state index < -0.39 is 7.82 Å². The molecule has 1 heterocycles. The summed E-state index contributed by atoms with van der Waals surface area (Å²) in [5, 5.41) is 7.44. The van der Waals surface area contributed by atoms with Gasteiger partial charge in [0.1, 0.15) is 5.69 Å². The first-order valence-corrected chi connectivity index (χ1v) is 7.30. The quantitative estimate of drug-likeness (QED) is 0.725. The van der Waals surface area contributed by atoms with Gasteiger partial charge >= 0.3 is 7.82 Å². The summed E-state index contributed by atoms with van der Waals surface area (Å²) in [6.07, 6.45) is 3.53. The smallest absolute Gasteiger partial charge is 0.291 e. The number of carbonyl (C=O) groups is 1. The zero-order valence-corrected chi connectivity index (χ0v) is 11.5. The summed E-state index contributed by atoms with van der Waals surface area (Å²) in [7, 11) is -3.80. The van der Waals surface area contributed by atoms with Crippen LogP contribution in [-0.4, -0.2) is 34.2 Å². The van der Waals surface area contributed by atoms with Crippen molar-refractivity contribution >= 4 is 13.6 Å². The molecule has 0 saturated carbocycles. The maximum absolute atomic E-state index is 12.2. The normalized spacial score (nSPS) is 14.5. The van der Waals surface area contributed by atoms with E-state index in [-0.39, 0.29) is 24.7 Å². The first kappa shape index (κ1) is 13.9. The fraction of sp³-hybridized carbons (Fsp3) is 0.500. The van der Waals surface area contributed by atoms with E-state index in [0.29, 0.717) is 12.1 Å². The Kier molecular flexibility index (Phi) is 4.14. The van der Waals surface area contributed by atoms with Crippen molar-refractivity contribution in [1.82, 2.24) is 15.2 Å². The number of aromatic nitrogens is 3. The molecule has 1 aliphatic carbocycles. The summed E-state index contributed by atoms with van der Waals surface area (Å²) in [6, 6.07) is 0. The molecule has 0 saturated heterocycles. The van der Waals surface area contributed by atoms with E-state index in [1.807, 2.05) is 0 Å². The second-order valence-electron chi connectivity index (χ2n) is 3.59. The van der Waals surface area contributed by atoms with Gasteiger partial charge in [0.2, 0.25) is 5.78 Å². The van der Waals surface area contributed by atoms with Gasteiger partial charge in [0, 0.05) is 6.42 Å². The molecule has 0 spiro atoms. The standard InChI is InChI=1S/C10H14N3O5P/c1-3-16-19(15,17-4-2)18-13-10-8(11-12-13)6-5-7-9(10)14/h5,7H,3-4,6H2,1-2H3. The number of phosphoric acid groups is 1. The average molecular weight is 287 g/mol. The average Bonchev–Trinajstić information content (AvgIpc) is 2.74. The van der Waals surface area contributed by atoms with Crippen LogP contribution in [0, 0.1) is 0 Å². The Morgan fingerprint density at radius 2 is 2.05 bits per heavy atom. The van der Waals surface area contributed by atoms with Crippen LogP contribution in [0.15, 0.2) is 12.2 Å². The summed E-state index contributed by atoms with van der Waals surface area (Å²) in [5.41, 5.74) is 0.606. The monoisotopic (exact) mass is 287 g/mol. The lowest BCUT2D eigenvalue weighted by Gasteiger charge is -2.16. The molecular weight excluding hydrogens is 273 g/mol. The second-order valence-corrected chi connectivity index (χ2v) is 5.17. The van der Waals surface area contributed by atoms with Crippen LogP contribution in [0.3, 0.4) is 0 Å². The topological polar surface area (TPSA) is 92.5 Å². The fourth-order valence-corrected chi connectivity index (χ4v) is 2.69. The minimum Gasteiger partial charge on any atom is -0.291 e. The highest BCUT2D eigenvalue weighted by Gasteiger charge is 2.32. The van der Waals surface area contributed by atoms with Crippen molar-refractivity contribution in [2.24, 2.45) is 0 Å². The van der Waals surface area contributed by atoms with Gasteiger partial charge in [-0.15, -0.1) is 5.10 Å². The molecule has 9 heteroatoms. The molecule has 0 amide bonds. The largest absolute Gasteiger partial charge is 0.550 e. The Labute approximate surface area is 109 Å². The minimum atomic E-state index is -3.80. The molecule has 0 radical (unpaired) electrons. The third-order valence-electron chi connectivity index (χ3n) is 2.28. The van der Waals surface area contributed by atoms with Crippen LogP contribution in [0.5, 0.6) is 0 Å². The molecule has 8 nitrogen and oxygen atoms in total. The molecule has 1 aromatic heterocycles. The third kappa shape index (κ3) is 2.91. The molecule has 2 rings (SSSR count). The first-order chi connectivity index (χ1) is 9.09. The van der Waals surface area contributed by atoms with Crippen molar-refractivity contribution in [3.63, 3.8) is 0 Å². The number of carbonyl (C=O) groups excluding carboxylic acids is 1. The van der Waals surface area contributed by atoms with E-state index in [9.17, 15) is 9.36 Å². The van der Waals surface area contributed by atoms with Crippen molar-refractivity contribution in [3.05, 3.63) is 23.5 Å². The molecule has 0 bridgehead atoms. The van der Waals surface area contributed by atoms with Crippen LogP contribution >= 0.6 is 7.82 Å². The number of rotatable bonds is 6. The van der Waals surface area contributed by atoms with Crippen LogP contribution in [0.1, 0.15) is 30.0 Å².